The Kier molecular flexibility index (Phi) is 4.49. The van der Waals surface area contributed by atoms with Crippen LogP contribution in [-0.4, -0.2) is 37.1 Å². The first-order valence-corrected chi connectivity index (χ1v) is 6.65. The highest BCUT2D eigenvalue weighted by atomic mass is 35.5. The Bertz CT molecular complexity index is 445. The molecular formula is C13H15Cl2NO2. The molecule has 1 fully saturated rings. The minimum absolute atomic E-state index is 0.0657. The van der Waals surface area contributed by atoms with Crippen molar-refractivity contribution in [3.05, 3.63) is 33.8 Å². The minimum Gasteiger partial charge on any atom is -0.376 e. The van der Waals surface area contributed by atoms with Crippen LogP contribution in [0.15, 0.2) is 18.2 Å². The molecule has 1 aliphatic rings. The fraction of sp³-hybridized carbons (Fsp3) is 0.462. The van der Waals surface area contributed by atoms with Gasteiger partial charge in [0.1, 0.15) is 0 Å². The van der Waals surface area contributed by atoms with Gasteiger partial charge in [0.15, 0.2) is 0 Å². The van der Waals surface area contributed by atoms with Crippen molar-refractivity contribution < 1.29 is 9.53 Å². The normalized spacial score (nSPS) is 18.9. The number of likely N-dealkylation sites (N-methyl/N-ethyl adjacent to an activating group) is 1. The molecule has 0 saturated carbocycles. The van der Waals surface area contributed by atoms with Gasteiger partial charge in [0.05, 0.1) is 16.1 Å². The summed E-state index contributed by atoms with van der Waals surface area (Å²) in [5, 5.41) is 0.850. The van der Waals surface area contributed by atoms with E-state index in [0.29, 0.717) is 22.2 Å². The molecule has 18 heavy (non-hydrogen) atoms. The van der Waals surface area contributed by atoms with Crippen LogP contribution in [0.4, 0.5) is 0 Å². The van der Waals surface area contributed by atoms with Gasteiger partial charge in [-0.15, -0.1) is 0 Å². The summed E-state index contributed by atoms with van der Waals surface area (Å²) in [6, 6.07) is 4.91. The van der Waals surface area contributed by atoms with E-state index in [9.17, 15) is 4.79 Å². The topological polar surface area (TPSA) is 29.5 Å². The molecule has 1 aliphatic heterocycles. The summed E-state index contributed by atoms with van der Waals surface area (Å²) in [5.74, 6) is -0.0657. The molecule has 0 radical (unpaired) electrons. The number of hydrogen-bond acceptors (Lipinski definition) is 2. The molecule has 5 heteroatoms. The number of carbonyl (C=O) groups excluding carboxylic acids is 1. The van der Waals surface area contributed by atoms with Crippen molar-refractivity contribution in [3.8, 4) is 0 Å². The van der Waals surface area contributed by atoms with Crippen LogP contribution in [0.3, 0.4) is 0 Å². The third-order valence-corrected chi connectivity index (χ3v) is 3.75. The summed E-state index contributed by atoms with van der Waals surface area (Å²) < 4.78 is 5.51. The molecule has 3 nitrogen and oxygen atoms in total. The average molecular weight is 288 g/mol. The number of nitrogens with zero attached hydrogens (tertiary/aromatic N) is 1. The van der Waals surface area contributed by atoms with E-state index in [4.69, 9.17) is 27.9 Å². The molecule has 1 amide bonds. The monoisotopic (exact) mass is 287 g/mol. The first-order chi connectivity index (χ1) is 8.58. The zero-order chi connectivity index (χ0) is 13.1. The number of rotatable bonds is 3. The van der Waals surface area contributed by atoms with Gasteiger partial charge in [-0.05, 0) is 31.0 Å². The van der Waals surface area contributed by atoms with Gasteiger partial charge in [0.2, 0.25) is 0 Å². The first kappa shape index (κ1) is 13.7. The van der Waals surface area contributed by atoms with Crippen molar-refractivity contribution >= 4 is 29.1 Å². The van der Waals surface area contributed by atoms with Crippen molar-refractivity contribution in [2.45, 2.75) is 18.9 Å². The van der Waals surface area contributed by atoms with Crippen molar-refractivity contribution in [3.63, 3.8) is 0 Å². The van der Waals surface area contributed by atoms with Gasteiger partial charge in [-0.2, -0.15) is 0 Å². The van der Waals surface area contributed by atoms with Crippen molar-refractivity contribution in [2.75, 3.05) is 20.2 Å². The number of amides is 1. The molecule has 0 aliphatic carbocycles. The van der Waals surface area contributed by atoms with Crippen molar-refractivity contribution in [1.82, 2.24) is 4.90 Å². The maximum absolute atomic E-state index is 12.2. The molecule has 1 aromatic carbocycles. The molecule has 2 rings (SSSR count). The standard InChI is InChI=1S/C13H15Cl2NO2/c1-16(8-10-3-2-6-18-10)13(17)9-4-5-11(14)12(15)7-9/h4-5,7,10H,2-3,6,8H2,1H3. The van der Waals surface area contributed by atoms with Crippen LogP contribution in [0.1, 0.15) is 23.2 Å². The maximum atomic E-state index is 12.2. The lowest BCUT2D eigenvalue weighted by molar-refractivity contribution is 0.0587. The van der Waals surface area contributed by atoms with Crippen LogP contribution in [0.5, 0.6) is 0 Å². The van der Waals surface area contributed by atoms with E-state index in [0.717, 1.165) is 19.4 Å². The molecule has 0 aromatic heterocycles. The van der Waals surface area contributed by atoms with Gasteiger partial charge in [-0.25, -0.2) is 0 Å². The van der Waals surface area contributed by atoms with E-state index in [2.05, 4.69) is 0 Å². The zero-order valence-corrected chi connectivity index (χ0v) is 11.7. The fourth-order valence-corrected chi connectivity index (χ4v) is 2.32. The zero-order valence-electron chi connectivity index (χ0n) is 10.2. The van der Waals surface area contributed by atoms with Crippen molar-refractivity contribution in [2.24, 2.45) is 0 Å². The summed E-state index contributed by atoms with van der Waals surface area (Å²) in [4.78, 5) is 13.8. The van der Waals surface area contributed by atoms with Crippen LogP contribution < -0.4 is 0 Å². The number of ether oxygens (including phenoxy) is 1. The van der Waals surface area contributed by atoms with Crippen LogP contribution in [-0.2, 0) is 4.74 Å². The summed E-state index contributed by atoms with van der Waals surface area (Å²) in [7, 11) is 1.77. The van der Waals surface area contributed by atoms with Crippen LogP contribution in [0, 0.1) is 0 Å². The Labute approximate surface area is 117 Å². The van der Waals surface area contributed by atoms with E-state index < -0.39 is 0 Å². The van der Waals surface area contributed by atoms with Gasteiger partial charge in [0.25, 0.3) is 5.91 Å². The minimum atomic E-state index is -0.0657. The summed E-state index contributed by atoms with van der Waals surface area (Å²) in [6.07, 6.45) is 2.24. The lowest BCUT2D eigenvalue weighted by Gasteiger charge is -2.21. The largest absolute Gasteiger partial charge is 0.376 e. The average Bonchev–Trinajstić information content (AvgIpc) is 2.84. The highest BCUT2D eigenvalue weighted by Crippen LogP contribution is 2.23. The molecule has 1 unspecified atom stereocenters. The first-order valence-electron chi connectivity index (χ1n) is 5.90. The molecule has 1 atom stereocenters. The third-order valence-electron chi connectivity index (χ3n) is 3.01. The molecule has 1 aromatic rings. The predicted molar refractivity (Wildman–Crippen MR) is 72.4 cm³/mol. The Morgan fingerprint density at radius 2 is 2.22 bits per heavy atom. The molecule has 0 spiro atoms. The lowest BCUT2D eigenvalue weighted by Crippen LogP contribution is -2.34. The Morgan fingerprint density at radius 3 is 2.83 bits per heavy atom. The predicted octanol–water partition coefficient (Wildman–Crippen LogP) is 3.24. The molecular weight excluding hydrogens is 273 g/mol. The summed E-state index contributed by atoms with van der Waals surface area (Å²) >= 11 is 11.7. The third kappa shape index (κ3) is 3.16. The molecule has 0 N–H and O–H groups in total. The molecule has 1 saturated heterocycles. The van der Waals surface area contributed by atoms with Crippen LogP contribution in [0.2, 0.25) is 10.0 Å². The number of carbonyl (C=O) groups is 1. The fourth-order valence-electron chi connectivity index (χ4n) is 2.03. The second-order valence-electron chi connectivity index (χ2n) is 4.45. The van der Waals surface area contributed by atoms with Crippen LogP contribution >= 0.6 is 23.2 Å². The highest BCUT2D eigenvalue weighted by molar-refractivity contribution is 6.42. The van der Waals surface area contributed by atoms with Gasteiger partial charge in [-0.1, -0.05) is 23.2 Å². The Morgan fingerprint density at radius 1 is 1.44 bits per heavy atom. The summed E-state index contributed by atoms with van der Waals surface area (Å²) in [6.45, 7) is 1.40. The Balaban J connectivity index is 2.02. The second-order valence-corrected chi connectivity index (χ2v) is 5.26. The van der Waals surface area contributed by atoms with E-state index in [1.54, 1.807) is 30.1 Å². The highest BCUT2D eigenvalue weighted by Gasteiger charge is 2.21. The molecule has 0 bridgehead atoms. The van der Waals surface area contributed by atoms with Gasteiger partial charge in [0, 0.05) is 25.8 Å². The SMILES string of the molecule is CN(CC1CCCO1)C(=O)c1ccc(Cl)c(Cl)c1. The smallest absolute Gasteiger partial charge is 0.253 e. The summed E-state index contributed by atoms with van der Waals surface area (Å²) in [5.41, 5.74) is 0.546. The quantitative estimate of drug-likeness (QED) is 0.854. The van der Waals surface area contributed by atoms with E-state index in [-0.39, 0.29) is 12.0 Å². The van der Waals surface area contributed by atoms with E-state index in [1.807, 2.05) is 0 Å². The molecule has 98 valence electrons. The van der Waals surface area contributed by atoms with Crippen molar-refractivity contribution in [1.29, 1.82) is 0 Å². The number of halogens is 2. The van der Waals surface area contributed by atoms with Gasteiger partial charge in [-0.3, -0.25) is 4.79 Å². The van der Waals surface area contributed by atoms with E-state index >= 15 is 0 Å². The molecule has 1 heterocycles. The maximum Gasteiger partial charge on any atom is 0.253 e. The lowest BCUT2D eigenvalue weighted by atomic mass is 10.2. The van der Waals surface area contributed by atoms with Crippen LogP contribution in [0.25, 0.3) is 0 Å². The van der Waals surface area contributed by atoms with Gasteiger partial charge >= 0.3 is 0 Å². The van der Waals surface area contributed by atoms with E-state index in [1.165, 1.54) is 0 Å². The Hall–Kier alpha value is -0.770. The van der Waals surface area contributed by atoms with Gasteiger partial charge < -0.3 is 9.64 Å². The second kappa shape index (κ2) is 5.91. The number of benzene rings is 1. The number of hydrogen-bond donors (Lipinski definition) is 0.